The second-order valence-corrected chi connectivity index (χ2v) is 8.66. The number of amides is 1. The van der Waals surface area contributed by atoms with Gasteiger partial charge in [0.15, 0.2) is 0 Å². The Morgan fingerprint density at radius 1 is 1.40 bits per heavy atom. The highest BCUT2D eigenvalue weighted by atomic mass is 32.1. The first kappa shape index (κ1) is 18.1. The minimum atomic E-state index is -0.662. The number of fused-ring (bicyclic) bond motifs is 1. The number of hydrogen-bond acceptors (Lipinski definition) is 5. The minimum absolute atomic E-state index is 0.00869. The lowest BCUT2D eigenvalue weighted by molar-refractivity contribution is 0.00236. The lowest BCUT2D eigenvalue weighted by Gasteiger charge is -2.37. The number of aliphatic hydroxyl groups excluding tert-OH is 1. The van der Waals surface area contributed by atoms with Crippen molar-refractivity contribution in [2.75, 3.05) is 6.54 Å². The number of hydrogen-bond donors (Lipinski definition) is 1. The van der Waals surface area contributed by atoms with E-state index in [0.29, 0.717) is 13.0 Å². The number of carbonyl (C=O) groups is 1. The second kappa shape index (κ2) is 7.30. The van der Waals surface area contributed by atoms with Crippen molar-refractivity contribution in [2.45, 2.75) is 64.2 Å². The standard InChI is InChI=1S/C19H26N2O3S/c1-19(2,3)24-18(23)21-11-7-6-8-13(21)12-15(22)17-20-14-9-4-5-10-16(14)25-17/h4-5,9-10,13,15,22H,6-8,11-12H2,1-3H3/t13-,15-/m0/s1. The molecule has 1 N–H and O–H groups in total. The average Bonchev–Trinajstić information content (AvgIpc) is 2.98. The largest absolute Gasteiger partial charge is 0.444 e. The summed E-state index contributed by atoms with van der Waals surface area (Å²) >= 11 is 1.52. The molecule has 136 valence electrons. The van der Waals surface area contributed by atoms with Gasteiger partial charge in [0, 0.05) is 19.0 Å². The van der Waals surface area contributed by atoms with E-state index in [1.54, 1.807) is 4.90 Å². The predicted molar refractivity (Wildman–Crippen MR) is 99.8 cm³/mol. The maximum Gasteiger partial charge on any atom is 0.410 e. The Labute approximate surface area is 152 Å². The van der Waals surface area contributed by atoms with Gasteiger partial charge in [0.2, 0.25) is 0 Å². The maximum absolute atomic E-state index is 12.5. The molecule has 0 saturated carbocycles. The van der Waals surface area contributed by atoms with Gasteiger partial charge in [-0.2, -0.15) is 0 Å². The number of benzene rings is 1. The molecule has 1 fully saturated rings. The Hall–Kier alpha value is -1.66. The number of carbonyl (C=O) groups excluding carboxylic acids is 1. The smallest absolute Gasteiger partial charge is 0.410 e. The molecule has 1 aromatic carbocycles. The van der Waals surface area contributed by atoms with Crippen LogP contribution in [0.15, 0.2) is 24.3 Å². The van der Waals surface area contributed by atoms with Gasteiger partial charge >= 0.3 is 6.09 Å². The molecule has 2 heterocycles. The molecule has 0 bridgehead atoms. The number of thiazole rings is 1. The highest BCUT2D eigenvalue weighted by Crippen LogP contribution is 2.32. The van der Waals surface area contributed by atoms with Crippen molar-refractivity contribution in [3.63, 3.8) is 0 Å². The fraction of sp³-hybridized carbons (Fsp3) is 0.579. The molecule has 0 aliphatic carbocycles. The summed E-state index contributed by atoms with van der Waals surface area (Å²) in [5.41, 5.74) is 0.402. The number of piperidine rings is 1. The Morgan fingerprint density at radius 3 is 2.88 bits per heavy atom. The third-order valence-electron chi connectivity index (χ3n) is 4.35. The van der Waals surface area contributed by atoms with Crippen molar-refractivity contribution in [1.82, 2.24) is 9.88 Å². The van der Waals surface area contributed by atoms with E-state index in [2.05, 4.69) is 4.98 Å². The molecular formula is C19H26N2O3S. The monoisotopic (exact) mass is 362 g/mol. The summed E-state index contributed by atoms with van der Waals surface area (Å²) in [7, 11) is 0. The summed E-state index contributed by atoms with van der Waals surface area (Å²) in [4.78, 5) is 18.8. The van der Waals surface area contributed by atoms with Crippen LogP contribution in [-0.2, 0) is 4.74 Å². The van der Waals surface area contributed by atoms with E-state index in [4.69, 9.17) is 4.74 Å². The first-order chi connectivity index (χ1) is 11.8. The van der Waals surface area contributed by atoms with Crippen LogP contribution >= 0.6 is 11.3 Å². The average molecular weight is 362 g/mol. The van der Waals surface area contributed by atoms with Crippen LogP contribution in [0.3, 0.4) is 0 Å². The number of aliphatic hydroxyl groups is 1. The van der Waals surface area contributed by atoms with Crippen molar-refractivity contribution in [1.29, 1.82) is 0 Å². The number of ether oxygens (including phenoxy) is 1. The molecular weight excluding hydrogens is 336 g/mol. The first-order valence-electron chi connectivity index (χ1n) is 8.86. The van der Waals surface area contributed by atoms with Crippen molar-refractivity contribution >= 4 is 27.6 Å². The number of nitrogens with zero attached hydrogens (tertiary/aromatic N) is 2. The third-order valence-corrected chi connectivity index (χ3v) is 5.48. The molecule has 25 heavy (non-hydrogen) atoms. The van der Waals surface area contributed by atoms with E-state index in [9.17, 15) is 9.90 Å². The fourth-order valence-electron chi connectivity index (χ4n) is 3.20. The van der Waals surface area contributed by atoms with Crippen LogP contribution in [0.5, 0.6) is 0 Å². The van der Waals surface area contributed by atoms with Gasteiger partial charge in [0.1, 0.15) is 16.7 Å². The summed E-state index contributed by atoms with van der Waals surface area (Å²) in [5.74, 6) is 0. The van der Waals surface area contributed by atoms with Gasteiger partial charge in [0.25, 0.3) is 0 Å². The Kier molecular flexibility index (Phi) is 5.29. The van der Waals surface area contributed by atoms with Crippen molar-refractivity contribution < 1.29 is 14.6 Å². The Bertz CT molecular complexity index is 705. The van der Waals surface area contributed by atoms with E-state index in [0.717, 1.165) is 34.5 Å². The quantitative estimate of drug-likeness (QED) is 0.872. The van der Waals surface area contributed by atoms with E-state index >= 15 is 0 Å². The topological polar surface area (TPSA) is 62.7 Å². The van der Waals surface area contributed by atoms with Crippen LogP contribution < -0.4 is 0 Å². The summed E-state index contributed by atoms with van der Waals surface area (Å²) in [5, 5.41) is 11.4. The van der Waals surface area contributed by atoms with Crippen LogP contribution in [0.4, 0.5) is 4.79 Å². The third kappa shape index (κ3) is 4.50. The van der Waals surface area contributed by atoms with Gasteiger partial charge in [-0.15, -0.1) is 11.3 Å². The van der Waals surface area contributed by atoms with Crippen LogP contribution in [0.1, 0.15) is 57.6 Å². The lowest BCUT2D eigenvalue weighted by atomic mass is 9.97. The molecule has 2 aromatic rings. The molecule has 1 aromatic heterocycles. The van der Waals surface area contributed by atoms with Gasteiger partial charge in [-0.1, -0.05) is 12.1 Å². The molecule has 3 rings (SSSR count). The molecule has 5 nitrogen and oxygen atoms in total. The molecule has 2 atom stereocenters. The molecule has 6 heteroatoms. The highest BCUT2D eigenvalue weighted by Gasteiger charge is 2.32. The second-order valence-electron chi connectivity index (χ2n) is 7.59. The predicted octanol–water partition coefficient (Wildman–Crippen LogP) is 4.51. The number of aromatic nitrogens is 1. The van der Waals surface area contributed by atoms with E-state index in [1.807, 2.05) is 45.0 Å². The van der Waals surface area contributed by atoms with Gasteiger partial charge in [-0.25, -0.2) is 9.78 Å². The van der Waals surface area contributed by atoms with Crippen molar-refractivity contribution in [2.24, 2.45) is 0 Å². The summed E-state index contributed by atoms with van der Waals surface area (Å²) in [6, 6.07) is 7.88. The zero-order valence-corrected chi connectivity index (χ0v) is 15.9. The first-order valence-corrected chi connectivity index (χ1v) is 9.68. The number of para-hydroxylation sites is 1. The molecule has 1 amide bonds. The molecule has 1 aliphatic rings. The molecule has 0 radical (unpaired) electrons. The van der Waals surface area contributed by atoms with Crippen molar-refractivity contribution in [3.8, 4) is 0 Å². The van der Waals surface area contributed by atoms with Crippen LogP contribution in [0, 0.1) is 0 Å². The number of likely N-dealkylation sites (tertiary alicyclic amines) is 1. The highest BCUT2D eigenvalue weighted by molar-refractivity contribution is 7.18. The summed E-state index contributed by atoms with van der Waals surface area (Å²) < 4.78 is 6.61. The van der Waals surface area contributed by atoms with Crippen LogP contribution in [-0.4, -0.2) is 39.3 Å². The summed E-state index contributed by atoms with van der Waals surface area (Å²) in [6.45, 7) is 6.31. The van der Waals surface area contributed by atoms with E-state index in [-0.39, 0.29) is 12.1 Å². The fourth-order valence-corrected chi connectivity index (χ4v) is 4.16. The van der Waals surface area contributed by atoms with E-state index < -0.39 is 11.7 Å². The molecule has 1 saturated heterocycles. The van der Waals surface area contributed by atoms with Gasteiger partial charge in [-0.05, 0) is 52.2 Å². The Balaban J connectivity index is 1.71. The molecule has 0 spiro atoms. The zero-order valence-electron chi connectivity index (χ0n) is 15.1. The minimum Gasteiger partial charge on any atom is -0.444 e. The summed E-state index contributed by atoms with van der Waals surface area (Å²) in [6.07, 6.45) is 2.49. The number of rotatable bonds is 3. The Morgan fingerprint density at radius 2 is 2.16 bits per heavy atom. The van der Waals surface area contributed by atoms with Crippen LogP contribution in [0.2, 0.25) is 0 Å². The SMILES string of the molecule is CC(C)(C)OC(=O)N1CCCC[C@H]1C[C@H](O)c1nc2ccccc2s1. The maximum atomic E-state index is 12.5. The normalized spacial score (nSPS) is 19.8. The van der Waals surface area contributed by atoms with E-state index in [1.165, 1.54) is 11.3 Å². The van der Waals surface area contributed by atoms with Gasteiger partial charge in [0.05, 0.1) is 10.2 Å². The van der Waals surface area contributed by atoms with Crippen LogP contribution in [0.25, 0.3) is 10.2 Å². The van der Waals surface area contributed by atoms with Gasteiger partial charge in [-0.3, -0.25) is 0 Å². The lowest BCUT2D eigenvalue weighted by Crippen LogP contribution is -2.46. The molecule has 1 aliphatic heterocycles. The van der Waals surface area contributed by atoms with Crippen molar-refractivity contribution in [3.05, 3.63) is 29.3 Å². The van der Waals surface area contributed by atoms with Gasteiger partial charge < -0.3 is 14.7 Å². The zero-order chi connectivity index (χ0) is 18.0. The molecule has 0 unspecified atom stereocenters.